The van der Waals surface area contributed by atoms with Gasteiger partial charge in [0.15, 0.2) is 5.78 Å². The van der Waals surface area contributed by atoms with Crippen LogP contribution in [0, 0.1) is 0 Å². The Labute approximate surface area is 214 Å². The molecular formula is C28H30BrNO5. The normalized spacial score (nSPS) is 19.7. The SMILES string of the molecule is CCCOC(=O)C1=C(C)NC2=C(C(=O)C[C@@H](c3ccc(OC)cc3)C2)[C@H]1c1ccc(OC)c(Br)c1. The van der Waals surface area contributed by atoms with Gasteiger partial charge in [-0.2, -0.15) is 0 Å². The average Bonchev–Trinajstić information content (AvgIpc) is 2.86. The third kappa shape index (κ3) is 5.01. The number of rotatable bonds is 7. The van der Waals surface area contributed by atoms with Gasteiger partial charge < -0.3 is 19.5 Å². The Kier molecular flexibility index (Phi) is 7.65. The first-order valence-electron chi connectivity index (χ1n) is 11.8. The van der Waals surface area contributed by atoms with E-state index >= 15 is 0 Å². The van der Waals surface area contributed by atoms with Crippen molar-refractivity contribution in [3.05, 3.63) is 80.6 Å². The number of ketones is 1. The Hall–Kier alpha value is -3.06. The summed E-state index contributed by atoms with van der Waals surface area (Å²) in [5, 5.41) is 3.39. The van der Waals surface area contributed by atoms with Gasteiger partial charge in [0.25, 0.3) is 0 Å². The minimum atomic E-state index is -0.512. The Morgan fingerprint density at radius 3 is 2.40 bits per heavy atom. The average molecular weight is 540 g/mol. The molecule has 6 nitrogen and oxygen atoms in total. The van der Waals surface area contributed by atoms with Crippen LogP contribution in [0.15, 0.2) is 69.5 Å². The predicted octanol–water partition coefficient (Wildman–Crippen LogP) is 5.78. The number of Topliss-reactive ketones (excluding diaryl/α,β-unsaturated/α-hetero) is 1. The van der Waals surface area contributed by atoms with Crippen molar-refractivity contribution in [1.29, 1.82) is 0 Å². The van der Waals surface area contributed by atoms with Gasteiger partial charge in [-0.1, -0.05) is 25.1 Å². The molecule has 184 valence electrons. The minimum Gasteiger partial charge on any atom is -0.497 e. The zero-order chi connectivity index (χ0) is 25.1. The molecule has 2 aromatic carbocycles. The summed E-state index contributed by atoms with van der Waals surface area (Å²) in [5.74, 6) is 0.634. The molecule has 0 bridgehead atoms. The van der Waals surface area contributed by atoms with Crippen LogP contribution in [0.4, 0.5) is 0 Å². The molecule has 7 heteroatoms. The fourth-order valence-electron chi connectivity index (χ4n) is 4.89. The number of benzene rings is 2. The van der Waals surface area contributed by atoms with Crippen molar-refractivity contribution in [2.75, 3.05) is 20.8 Å². The van der Waals surface area contributed by atoms with Crippen molar-refractivity contribution in [3.63, 3.8) is 0 Å². The van der Waals surface area contributed by atoms with Gasteiger partial charge in [-0.3, -0.25) is 4.79 Å². The van der Waals surface area contributed by atoms with Gasteiger partial charge in [0, 0.05) is 29.3 Å². The topological polar surface area (TPSA) is 73.9 Å². The molecule has 0 unspecified atom stereocenters. The minimum absolute atomic E-state index is 0.0322. The fraction of sp³-hybridized carbons (Fsp3) is 0.357. The number of halogens is 1. The molecule has 35 heavy (non-hydrogen) atoms. The predicted molar refractivity (Wildman–Crippen MR) is 138 cm³/mol. The van der Waals surface area contributed by atoms with E-state index in [-0.39, 0.29) is 11.7 Å². The van der Waals surface area contributed by atoms with E-state index in [9.17, 15) is 9.59 Å². The lowest BCUT2D eigenvalue weighted by Gasteiger charge is -2.36. The molecule has 0 spiro atoms. The van der Waals surface area contributed by atoms with Crippen molar-refractivity contribution in [3.8, 4) is 11.5 Å². The van der Waals surface area contributed by atoms with Gasteiger partial charge in [0.1, 0.15) is 11.5 Å². The summed E-state index contributed by atoms with van der Waals surface area (Å²) in [4.78, 5) is 26.9. The first-order valence-corrected chi connectivity index (χ1v) is 12.6. The number of carbonyl (C=O) groups is 2. The number of carbonyl (C=O) groups excluding carboxylic acids is 2. The summed E-state index contributed by atoms with van der Waals surface area (Å²) in [5.41, 5.74) is 4.62. The third-order valence-electron chi connectivity index (χ3n) is 6.58. The highest BCUT2D eigenvalue weighted by atomic mass is 79.9. The highest BCUT2D eigenvalue weighted by Gasteiger charge is 2.41. The van der Waals surface area contributed by atoms with Gasteiger partial charge in [0.2, 0.25) is 0 Å². The molecule has 4 rings (SSSR count). The number of ether oxygens (including phenoxy) is 3. The molecule has 0 radical (unpaired) electrons. The molecule has 0 amide bonds. The van der Waals surface area contributed by atoms with E-state index in [1.165, 1.54) is 0 Å². The van der Waals surface area contributed by atoms with Gasteiger partial charge in [-0.05, 0) is 77.0 Å². The van der Waals surface area contributed by atoms with E-state index in [0.29, 0.717) is 42.0 Å². The lowest BCUT2D eigenvalue weighted by atomic mass is 9.71. The molecule has 0 saturated heterocycles. The van der Waals surface area contributed by atoms with Crippen molar-refractivity contribution in [2.45, 2.75) is 44.9 Å². The first-order chi connectivity index (χ1) is 16.9. The van der Waals surface area contributed by atoms with Crippen LogP contribution >= 0.6 is 15.9 Å². The molecule has 2 atom stereocenters. The zero-order valence-corrected chi connectivity index (χ0v) is 22.0. The van der Waals surface area contributed by atoms with Crippen LogP contribution in [-0.2, 0) is 14.3 Å². The molecule has 1 aliphatic heterocycles. The summed E-state index contributed by atoms with van der Waals surface area (Å²) in [7, 11) is 3.24. The monoisotopic (exact) mass is 539 g/mol. The van der Waals surface area contributed by atoms with Gasteiger partial charge >= 0.3 is 5.97 Å². The van der Waals surface area contributed by atoms with E-state index in [1.807, 2.05) is 56.3 Å². The molecule has 1 aliphatic carbocycles. The molecule has 2 aromatic rings. The number of hydrogen-bond donors (Lipinski definition) is 1. The maximum Gasteiger partial charge on any atom is 0.336 e. The van der Waals surface area contributed by atoms with Crippen LogP contribution < -0.4 is 14.8 Å². The van der Waals surface area contributed by atoms with Crippen LogP contribution in [0.25, 0.3) is 0 Å². The highest BCUT2D eigenvalue weighted by molar-refractivity contribution is 9.10. The molecule has 2 aliphatic rings. The molecular weight excluding hydrogens is 510 g/mol. The Bertz CT molecular complexity index is 1200. The Morgan fingerprint density at radius 2 is 1.77 bits per heavy atom. The van der Waals surface area contributed by atoms with E-state index in [4.69, 9.17) is 14.2 Å². The molecule has 0 fully saturated rings. The van der Waals surface area contributed by atoms with E-state index in [0.717, 1.165) is 33.5 Å². The lowest BCUT2D eigenvalue weighted by molar-refractivity contribution is -0.139. The largest absolute Gasteiger partial charge is 0.497 e. The number of dihydropyridines is 1. The van der Waals surface area contributed by atoms with Crippen LogP contribution in [0.3, 0.4) is 0 Å². The van der Waals surface area contributed by atoms with Crippen molar-refractivity contribution in [1.82, 2.24) is 5.32 Å². The fourth-order valence-corrected chi connectivity index (χ4v) is 5.45. The maximum atomic E-state index is 13.7. The number of methoxy groups -OCH3 is 2. The summed E-state index contributed by atoms with van der Waals surface area (Å²) in [6.45, 7) is 4.16. The second kappa shape index (κ2) is 10.7. The zero-order valence-electron chi connectivity index (χ0n) is 20.4. The first kappa shape index (κ1) is 25.0. The van der Waals surface area contributed by atoms with Crippen molar-refractivity contribution >= 4 is 27.7 Å². The summed E-state index contributed by atoms with van der Waals surface area (Å²) < 4.78 is 17.0. The smallest absolute Gasteiger partial charge is 0.336 e. The second-order valence-corrected chi connectivity index (χ2v) is 9.67. The van der Waals surface area contributed by atoms with E-state index < -0.39 is 11.9 Å². The summed E-state index contributed by atoms with van der Waals surface area (Å²) >= 11 is 3.56. The molecule has 1 N–H and O–H groups in total. The highest BCUT2D eigenvalue weighted by Crippen LogP contribution is 2.46. The lowest BCUT2D eigenvalue weighted by Crippen LogP contribution is -2.36. The molecule has 0 saturated carbocycles. The summed E-state index contributed by atoms with van der Waals surface area (Å²) in [6.07, 6.45) is 1.77. The number of allylic oxidation sites excluding steroid dienone is 3. The van der Waals surface area contributed by atoms with Gasteiger partial charge in [-0.15, -0.1) is 0 Å². The van der Waals surface area contributed by atoms with Crippen LogP contribution in [0.5, 0.6) is 11.5 Å². The molecule has 1 heterocycles. The van der Waals surface area contributed by atoms with E-state index in [2.05, 4.69) is 21.2 Å². The number of hydrogen-bond acceptors (Lipinski definition) is 6. The van der Waals surface area contributed by atoms with Crippen molar-refractivity contribution < 1.29 is 23.8 Å². The van der Waals surface area contributed by atoms with E-state index in [1.54, 1.807) is 14.2 Å². The Morgan fingerprint density at radius 1 is 1.06 bits per heavy atom. The van der Waals surface area contributed by atoms with Crippen LogP contribution in [-0.4, -0.2) is 32.6 Å². The Balaban J connectivity index is 1.77. The summed E-state index contributed by atoms with van der Waals surface area (Å²) in [6, 6.07) is 13.5. The number of esters is 1. The van der Waals surface area contributed by atoms with Gasteiger partial charge in [0.05, 0.1) is 30.9 Å². The third-order valence-corrected chi connectivity index (χ3v) is 7.20. The van der Waals surface area contributed by atoms with Crippen LogP contribution in [0.2, 0.25) is 0 Å². The van der Waals surface area contributed by atoms with Crippen LogP contribution in [0.1, 0.15) is 56.1 Å². The molecule has 0 aromatic heterocycles. The standard InChI is InChI=1S/C28H30BrNO5/c1-5-12-35-28(32)25-16(2)30-22-14-19(17-6-9-20(33-3)10-7-17)15-23(31)27(22)26(25)18-8-11-24(34-4)21(29)13-18/h6-11,13,19,26,30H,5,12,14-15H2,1-4H3/t19-,26-/m0/s1. The quantitative estimate of drug-likeness (QED) is 0.449. The van der Waals surface area contributed by atoms with Crippen molar-refractivity contribution in [2.24, 2.45) is 0 Å². The second-order valence-electron chi connectivity index (χ2n) is 8.82. The van der Waals surface area contributed by atoms with Gasteiger partial charge in [-0.25, -0.2) is 4.79 Å². The number of nitrogens with one attached hydrogen (secondary N) is 1. The maximum absolute atomic E-state index is 13.7.